The number of rotatable bonds is 6. The van der Waals surface area contributed by atoms with Crippen LogP contribution in [0.15, 0.2) is 27.6 Å². The molecule has 0 saturated heterocycles. The van der Waals surface area contributed by atoms with E-state index in [0.717, 1.165) is 6.07 Å². The van der Waals surface area contributed by atoms with Crippen LogP contribution in [0.3, 0.4) is 0 Å². The standard InChI is InChI=1S/C12H18BrFN2O3S/c1-12(17,8-16(2)3)7-15-20(18,19)9-4-5-10(13)11(14)6-9/h4-6,15,17H,7-8H2,1-3H3. The second-order valence-corrected chi connectivity index (χ2v) is 7.76. The van der Waals surface area contributed by atoms with Crippen LogP contribution >= 0.6 is 15.9 Å². The summed E-state index contributed by atoms with van der Waals surface area (Å²) < 4.78 is 39.9. The van der Waals surface area contributed by atoms with Crippen molar-refractivity contribution in [2.45, 2.75) is 17.4 Å². The van der Waals surface area contributed by atoms with E-state index < -0.39 is 21.4 Å². The van der Waals surface area contributed by atoms with E-state index >= 15 is 0 Å². The fraction of sp³-hybridized carbons (Fsp3) is 0.500. The number of aliphatic hydroxyl groups is 1. The van der Waals surface area contributed by atoms with Gasteiger partial charge in [0.15, 0.2) is 0 Å². The molecule has 0 heterocycles. The Hall–Kier alpha value is -0.540. The molecule has 0 bridgehead atoms. The predicted molar refractivity (Wildman–Crippen MR) is 78.5 cm³/mol. The minimum absolute atomic E-state index is 0.162. The summed E-state index contributed by atoms with van der Waals surface area (Å²) in [5.74, 6) is -0.659. The number of hydrogen-bond acceptors (Lipinski definition) is 4. The maximum atomic E-state index is 13.4. The first-order valence-electron chi connectivity index (χ1n) is 5.85. The molecule has 1 atom stereocenters. The first-order valence-corrected chi connectivity index (χ1v) is 8.13. The summed E-state index contributed by atoms with van der Waals surface area (Å²) in [6.07, 6.45) is 0. The van der Waals surface area contributed by atoms with Gasteiger partial charge in [0, 0.05) is 13.1 Å². The summed E-state index contributed by atoms with van der Waals surface area (Å²) in [7, 11) is -0.316. The van der Waals surface area contributed by atoms with Gasteiger partial charge in [-0.3, -0.25) is 0 Å². The minimum atomic E-state index is -3.86. The van der Waals surface area contributed by atoms with Gasteiger partial charge >= 0.3 is 0 Å². The average Bonchev–Trinajstić information content (AvgIpc) is 2.29. The number of likely N-dealkylation sites (N-methyl/N-ethyl adjacent to an activating group) is 1. The highest BCUT2D eigenvalue weighted by Crippen LogP contribution is 2.19. The maximum Gasteiger partial charge on any atom is 0.240 e. The van der Waals surface area contributed by atoms with E-state index in [1.807, 2.05) is 0 Å². The van der Waals surface area contributed by atoms with Gasteiger partial charge in [0.2, 0.25) is 10.0 Å². The summed E-state index contributed by atoms with van der Waals surface area (Å²) in [4.78, 5) is 1.56. The predicted octanol–water partition coefficient (Wildman–Crippen LogP) is 1.18. The molecule has 0 radical (unpaired) electrons. The highest BCUT2D eigenvalue weighted by Gasteiger charge is 2.25. The zero-order chi connectivity index (χ0) is 15.6. The molecule has 8 heteroatoms. The van der Waals surface area contributed by atoms with Gasteiger partial charge in [-0.15, -0.1) is 0 Å². The third kappa shape index (κ3) is 5.10. The summed E-state index contributed by atoms with van der Waals surface area (Å²) in [6, 6.07) is 3.53. The molecule has 0 aliphatic rings. The van der Waals surface area contributed by atoms with Gasteiger partial charge in [-0.25, -0.2) is 17.5 Å². The first kappa shape index (κ1) is 17.5. The molecule has 1 unspecified atom stereocenters. The summed E-state index contributed by atoms with van der Waals surface area (Å²) in [5.41, 5.74) is -1.22. The molecule has 1 aromatic rings. The number of sulfonamides is 1. The highest BCUT2D eigenvalue weighted by atomic mass is 79.9. The Morgan fingerprint density at radius 3 is 2.55 bits per heavy atom. The Balaban J connectivity index is 2.82. The van der Waals surface area contributed by atoms with E-state index in [1.54, 1.807) is 19.0 Å². The zero-order valence-electron chi connectivity index (χ0n) is 11.5. The van der Waals surface area contributed by atoms with Gasteiger partial charge in [0.1, 0.15) is 5.82 Å². The lowest BCUT2D eigenvalue weighted by molar-refractivity contribution is 0.0386. The summed E-state index contributed by atoms with van der Waals surface area (Å²) in [5, 5.41) is 10.0. The lowest BCUT2D eigenvalue weighted by Gasteiger charge is -2.27. The molecule has 1 rings (SSSR count). The van der Waals surface area contributed by atoms with Crippen LogP contribution in [0, 0.1) is 5.82 Å². The summed E-state index contributed by atoms with van der Waals surface area (Å²) in [6.45, 7) is 1.66. The highest BCUT2D eigenvalue weighted by molar-refractivity contribution is 9.10. The zero-order valence-corrected chi connectivity index (χ0v) is 13.9. The topological polar surface area (TPSA) is 69.6 Å². The van der Waals surface area contributed by atoms with Gasteiger partial charge in [-0.2, -0.15) is 0 Å². The number of benzene rings is 1. The van der Waals surface area contributed by atoms with Gasteiger partial charge in [0.25, 0.3) is 0 Å². The van der Waals surface area contributed by atoms with Crippen molar-refractivity contribution in [2.75, 3.05) is 27.2 Å². The molecule has 0 aliphatic heterocycles. The number of nitrogens with one attached hydrogen (secondary N) is 1. The number of halogens is 2. The second-order valence-electron chi connectivity index (χ2n) is 5.14. The molecule has 114 valence electrons. The second kappa shape index (κ2) is 6.48. The van der Waals surface area contributed by atoms with Crippen LogP contribution in [0.2, 0.25) is 0 Å². The first-order chi connectivity index (χ1) is 9.03. The SMILES string of the molecule is CN(C)CC(C)(O)CNS(=O)(=O)c1ccc(Br)c(F)c1. The van der Waals surface area contributed by atoms with Crippen molar-refractivity contribution in [1.82, 2.24) is 9.62 Å². The lowest BCUT2D eigenvalue weighted by atomic mass is 10.1. The van der Waals surface area contributed by atoms with Crippen LogP contribution in [0.4, 0.5) is 4.39 Å². The Bertz CT molecular complexity index is 576. The molecule has 1 aromatic carbocycles. The molecular formula is C12H18BrFN2O3S. The van der Waals surface area contributed by atoms with Crippen LogP contribution in [0.5, 0.6) is 0 Å². The van der Waals surface area contributed by atoms with Crippen molar-refractivity contribution in [3.05, 3.63) is 28.5 Å². The van der Waals surface area contributed by atoms with Gasteiger partial charge in [-0.05, 0) is 55.1 Å². The molecule has 0 saturated carbocycles. The number of hydrogen-bond donors (Lipinski definition) is 2. The molecule has 0 amide bonds. The van der Waals surface area contributed by atoms with Crippen molar-refractivity contribution in [3.8, 4) is 0 Å². The Kier molecular flexibility index (Phi) is 5.68. The fourth-order valence-electron chi connectivity index (χ4n) is 1.71. The molecule has 2 N–H and O–H groups in total. The maximum absolute atomic E-state index is 13.4. The van der Waals surface area contributed by atoms with E-state index in [9.17, 15) is 17.9 Å². The summed E-state index contributed by atoms with van der Waals surface area (Å²) >= 11 is 2.96. The van der Waals surface area contributed by atoms with Crippen molar-refractivity contribution in [2.24, 2.45) is 0 Å². The molecule has 20 heavy (non-hydrogen) atoms. The van der Waals surface area contributed by atoms with Crippen molar-refractivity contribution in [3.63, 3.8) is 0 Å². The molecule has 0 aliphatic carbocycles. The van der Waals surface area contributed by atoms with Gasteiger partial charge < -0.3 is 10.0 Å². The fourth-order valence-corrected chi connectivity index (χ4v) is 3.14. The van der Waals surface area contributed by atoms with Gasteiger partial charge in [0.05, 0.1) is 15.0 Å². The third-order valence-corrected chi connectivity index (χ3v) is 4.54. The van der Waals surface area contributed by atoms with Crippen LogP contribution in [-0.2, 0) is 10.0 Å². The molecule has 5 nitrogen and oxygen atoms in total. The Labute approximate surface area is 127 Å². The van der Waals surface area contributed by atoms with Crippen LogP contribution in [-0.4, -0.2) is 51.2 Å². The van der Waals surface area contributed by atoms with Gasteiger partial charge in [-0.1, -0.05) is 0 Å². The smallest absolute Gasteiger partial charge is 0.240 e. The minimum Gasteiger partial charge on any atom is -0.387 e. The molecule has 0 fully saturated rings. The van der Waals surface area contributed by atoms with E-state index in [2.05, 4.69) is 20.7 Å². The van der Waals surface area contributed by atoms with Crippen molar-refractivity contribution >= 4 is 26.0 Å². The number of nitrogens with zero attached hydrogens (tertiary/aromatic N) is 1. The monoisotopic (exact) mass is 368 g/mol. The van der Waals surface area contributed by atoms with Crippen LogP contribution < -0.4 is 4.72 Å². The molecule has 0 spiro atoms. The van der Waals surface area contributed by atoms with E-state index in [0.29, 0.717) is 6.54 Å². The Morgan fingerprint density at radius 1 is 1.45 bits per heavy atom. The van der Waals surface area contributed by atoms with Crippen LogP contribution in [0.25, 0.3) is 0 Å². The normalized spacial score (nSPS) is 15.3. The van der Waals surface area contributed by atoms with E-state index in [-0.39, 0.29) is 15.9 Å². The van der Waals surface area contributed by atoms with Crippen molar-refractivity contribution in [1.29, 1.82) is 0 Å². The van der Waals surface area contributed by atoms with E-state index in [4.69, 9.17) is 0 Å². The van der Waals surface area contributed by atoms with E-state index in [1.165, 1.54) is 19.1 Å². The average molecular weight is 369 g/mol. The van der Waals surface area contributed by atoms with Crippen molar-refractivity contribution < 1.29 is 17.9 Å². The molecule has 0 aromatic heterocycles. The third-order valence-electron chi connectivity index (χ3n) is 2.50. The Morgan fingerprint density at radius 2 is 2.05 bits per heavy atom. The lowest BCUT2D eigenvalue weighted by Crippen LogP contribution is -2.47. The molecular weight excluding hydrogens is 351 g/mol. The van der Waals surface area contributed by atoms with Crippen LogP contribution in [0.1, 0.15) is 6.92 Å². The largest absolute Gasteiger partial charge is 0.387 e. The quantitative estimate of drug-likeness (QED) is 0.790.